The maximum Gasteiger partial charge on any atom is 0.417 e. The average molecular weight is 261 g/mol. The zero-order chi connectivity index (χ0) is 12.8. The summed E-state index contributed by atoms with van der Waals surface area (Å²) in [5.41, 5.74) is 9.35. The van der Waals surface area contributed by atoms with Crippen LogP contribution >= 0.6 is 11.3 Å². The second-order valence-electron chi connectivity index (χ2n) is 3.25. The molecule has 0 unspecified atom stereocenters. The predicted molar refractivity (Wildman–Crippen MR) is 57.6 cm³/mol. The van der Waals surface area contributed by atoms with Crippen molar-refractivity contribution in [3.8, 4) is 0 Å². The van der Waals surface area contributed by atoms with Gasteiger partial charge in [0.25, 0.3) is 5.91 Å². The van der Waals surface area contributed by atoms with Crippen LogP contribution in [-0.4, -0.2) is 10.9 Å². The number of anilines is 1. The lowest BCUT2D eigenvalue weighted by Crippen LogP contribution is -2.11. The van der Waals surface area contributed by atoms with Crippen LogP contribution in [0.5, 0.6) is 0 Å². The highest BCUT2D eigenvalue weighted by molar-refractivity contribution is 7.21. The largest absolute Gasteiger partial charge is 0.417 e. The highest BCUT2D eigenvalue weighted by atomic mass is 32.1. The number of nitrogen functional groups attached to an aromatic ring is 1. The average Bonchev–Trinajstić information content (AvgIpc) is 2.55. The summed E-state index contributed by atoms with van der Waals surface area (Å²) < 4.78 is 38.1. The van der Waals surface area contributed by atoms with Crippen molar-refractivity contribution in [3.63, 3.8) is 0 Å². The van der Waals surface area contributed by atoms with Crippen LogP contribution in [-0.2, 0) is 6.18 Å². The van der Waals surface area contributed by atoms with Crippen LogP contribution in [0.1, 0.15) is 15.2 Å². The fraction of sp³-hybridized carbons (Fsp3) is 0.111. The fourth-order valence-corrected chi connectivity index (χ4v) is 2.41. The molecule has 0 bridgehead atoms. The number of primary amides is 1. The van der Waals surface area contributed by atoms with Crippen molar-refractivity contribution in [2.75, 3.05) is 5.73 Å². The first-order valence-corrected chi connectivity index (χ1v) is 5.18. The van der Waals surface area contributed by atoms with E-state index in [4.69, 9.17) is 11.5 Å². The number of nitrogens with zero attached hydrogens (tertiary/aromatic N) is 1. The van der Waals surface area contributed by atoms with Crippen LogP contribution in [0.3, 0.4) is 0 Å². The minimum Gasteiger partial charge on any atom is -0.397 e. The van der Waals surface area contributed by atoms with Gasteiger partial charge >= 0.3 is 6.18 Å². The highest BCUT2D eigenvalue weighted by Crippen LogP contribution is 2.41. The van der Waals surface area contributed by atoms with Gasteiger partial charge in [-0.1, -0.05) is 0 Å². The Morgan fingerprint density at radius 2 is 2.06 bits per heavy atom. The number of aromatic nitrogens is 1. The molecule has 0 spiro atoms. The van der Waals surface area contributed by atoms with Gasteiger partial charge in [-0.05, 0) is 6.07 Å². The molecule has 0 aliphatic carbocycles. The minimum absolute atomic E-state index is 0.0473. The van der Waals surface area contributed by atoms with Gasteiger partial charge in [-0.2, -0.15) is 13.2 Å². The molecule has 0 saturated carbocycles. The van der Waals surface area contributed by atoms with Crippen LogP contribution in [0, 0.1) is 0 Å². The summed E-state index contributed by atoms with van der Waals surface area (Å²) in [4.78, 5) is 14.7. The minimum atomic E-state index is -4.55. The van der Waals surface area contributed by atoms with Gasteiger partial charge in [0.1, 0.15) is 9.71 Å². The molecule has 2 rings (SSSR count). The van der Waals surface area contributed by atoms with Gasteiger partial charge < -0.3 is 11.5 Å². The van der Waals surface area contributed by atoms with E-state index < -0.39 is 17.6 Å². The number of amides is 1. The Morgan fingerprint density at radius 3 is 2.59 bits per heavy atom. The van der Waals surface area contributed by atoms with E-state index in [2.05, 4.69) is 4.98 Å². The number of pyridine rings is 1. The van der Waals surface area contributed by atoms with Gasteiger partial charge in [-0.3, -0.25) is 4.79 Å². The molecule has 4 N–H and O–H groups in total. The number of alkyl halides is 3. The summed E-state index contributed by atoms with van der Waals surface area (Å²) in [7, 11) is 0. The topological polar surface area (TPSA) is 82.0 Å². The van der Waals surface area contributed by atoms with Crippen LogP contribution in [0.4, 0.5) is 18.9 Å². The number of carbonyl (C=O) groups is 1. The Hall–Kier alpha value is -1.83. The van der Waals surface area contributed by atoms with E-state index >= 15 is 0 Å². The summed E-state index contributed by atoms with van der Waals surface area (Å²) in [6.07, 6.45) is -3.53. The third kappa shape index (κ3) is 1.80. The van der Waals surface area contributed by atoms with Crippen molar-refractivity contribution in [1.82, 2.24) is 4.98 Å². The molecule has 0 aliphatic rings. The summed E-state index contributed by atoms with van der Waals surface area (Å²) >= 11 is 0.752. The molecule has 0 saturated heterocycles. The van der Waals surface area contributed by atoms with Crippen LogP contribution in [0.2, 0.25) is 0 Å². The Labute approximate surface area is 97.0 Å². The predicted octanol–water partition coefficient (Wildman–Crippen LogP) is 2.00. The molecule has 2 aromatic rings. The zero-order valence-corrected chi connectivity index (χ0v) is 9.02. The number of carbonyl (C=O) groups excluding carboxylic acids is 1. The standard InChI is InChI=1S/C9H6F3N3OS/c10-9(11,12)3-1-2-15-8-4(3)5(13)6(17-8)7(14)16/h1-2H,13H2,(H2,14,16). The monoisotopic (exact) mass is 261 g/mol. The highest BCUT2D eigenvalue weighted by Gasteiger charge is 2.35. The normalized spacial score (nSPS) is 11.9. The summed E-state index contributed by atoms with van der Waals surface area (Å²) in [6, 6.07) is 0.816. The molecule has 17 heavy (non-hydrogen) atoms. The first-order valence-electron chi connectivity index (χ1n) is 4.36. The lowest BCUT2D eigenvalue weighted by molar-refractivity contribution is -0.136. The van der Waals surface area contributed by atoms with Gasteiger partial charge in [-0.15, -0.1) is 11.3 Å². The number of hydrogen-bond donors (Lipinski definition) is 2. The molecule has 0 aliphatic heterocycles. The van der Waals surface area contributed by atoms with Gasteiger partial charge in [0.15, 0.2) is 0 Å². The van der Waals surface area contributed by atoms with E-state index in [9.17, 15) is 18.0 Å². The second kappa shape index (κ2) is 3.59. The summed E-state index contributed by atoms with van der Waals surface area (Å²) in [5.74, 6) is -0.862. The Bertz CT molecular complexity index is 605. The number of halogens is 3. The van der Waals surface area contributed by atoms with Crippen molar-refractivity contribution in [3.05, 3.63) is 22.7 Å². The maximum atomic E-state index is 12.7. The van der Waals surface area contributed by atoms with Crippen LogP contribution in [0.25, 0.3) is 10.2 Å². The molecule has 1 amide bonds. The van der Waals surface area contributed by atoms with E-state index in [1.165, 1.54) is 0 Å². The zero-order valence-electron chi connectivity index (χ0n) is 8.21. The molecule has 2 aromatic heterocycles. The number of thiophene rings is 1. The van der Waals surface area contributed by atoms with Crippen molar-refractivity contribution < 1.29 is 18.0 Å². The van der Waals surface area contributed by atoms with Crippen molar-refractivity contribution in [1.29, 1.82) is 0 Å². The third-order valence-electron chi connectivity index (χ3n) is 2.16. The lowest BCUT2D eigenvalue weighted by Gasteiger charge is -2.07. The van der Waals surface area contributed by atoms with E-state index in [0.29, 0.717) is 0 Å². The molecule has 0 atom stereocenters. The first kappa shape index (κ1) is 11.6. The molecular weight excluding hydrogens is 255 g/mol. The number of nitrogens with two attached hydrogens (primary N) is 2. The van der Waals surface area contributed by atoms with Crippen molar-refractivity contribution >= 4 is 33.1 Å². The number of hydrogen-bond acceptors (Lipinski definition) is 4. The molecule has 4 nitrogen and oxygen atoms in total. The molecule has 90 valence electrons. The third-order valence-corrected chi connectivity index (χ3v) is 3.29. The van der Waals surface area contributed by atoms with E-state index in [1.54, 1.807) is 0 Å². The van der Waals surface area contributed by atoms with Crippen LogP contribution in [0.15, 0.2) is 12.3 Å². The molecule has 2 heterocycles. The number of fused-ring (bicyclic) bond motifs is 1. The quantitative estimate of drug-likeness (QED) is 0.823. The second-order valence-corrected chi connectivity index (χ2v) is 4.24. The molecule has 0 aromatic carbocycles. The van der Waals surface area contributed by atoms with E-state index in [-0.39, 0.29) is 20.8 Å². The lowest BCUT2D eigenvalue weighted by atomic mass is 10.1. The number of rotatable bonds is 1. The van der Waals surface area contributed by atoms with Gasteiger partial charge in [0, 0.05) is 11.6 Å². The smallest absolute Gasteiger partial charge is 0.397 e. The van der Waals surface area contributed by atoms with Crippen molar-refractivity contribution in [2.24, 2.45) is 5.73 Å². The fourth-order valence-electron chi connectivity index (χ4n) is 1.46. The molecule has 0 radical (unpaired) electrons. The summed E-state index contributed by atoms with van der Waals surface area (Å²) in [6.45, 7) is 0. The maximum absolute atomic E-state index is 12.7. The first-order chi connectivity index (χ1) is 7.82. The molecule has 0 fully saturated rings. The summed E-state index contributed by atoms with van der Waals surface area (Å²) in [5, 5.41) is -0.265. The van der Waals surface area contributed by atoms with Gasteiger partial charge in [0.05, 0.1) is 11.3 Å². The van der Waals surface area contributed by atoms with E-state index in [0.717, 1.165) is 23.6 Å². The van der Waals surface area contributed by atoms with Crippen LogP contribution < -0.4 is 11.5 Å². The molecular formula is C9H6F3N3OS. The molecule has 8 heteroatoms. The van der Waals surface area contributed by atoms with Crippen molar-refractivity contribution in [2.45, 2.75) is 6.18 Å². The van der Waals surface area contributed by atoms with Gasteiger partial charge in [-0.25, -0.2) is 4.98 Å². The van der Waals surface area contributed by atoms with E-state index in [1.807, 2.05) is 0 Å². The Morgan fingerprint density at radius 1 is 1.41 bits per heavy atom. The Kier molecular flexibility index (Phi) is 2.46. The van der Waals surface area contributed by atoms with Gasteiger partial charge in [0.2, 0.25) is 0 Å². The Balaban J connectivity index is 2.85. The SMILES string of the molecule is NC(=O)c1sc2nccc(C(F)(F)F)c2c1N.